The largest absolute Gasteiger partial charge is 0.388 e. The number of benzene rings is 2. The fourth-order valence-corrected chi connectivity index (χ4v) is 4.28. The van der Waals surface area contributed by atoms with Gasteiger partial charge in [-0.1, -0.05) is 30.3 Å². The van der Waals surface area contributed by atoms with Crippen LogP contribution >= 0.6 is 0 Å². The monoisotopic (exact) mass is 443 g/mol. The number of amides is 1. The minimum Gasteiger partial charge on any atom is -0.388 e. The normalized spacial score (nSPS) is 25.8. The number of nitrogens with zero attached hydrogens (tertiary/aromatic N) is 2. The quantitative estimate of drug-likeness (QED) is 0.595. The maximum Gasteiger partial charge on any atom is 0.225 e. The van der Waals surface area contributed by atoms with Crippen molar-refractivity contribution in [2.45, 2.75) is 37.4 Å². The molecule has 32 heavy (non-hydrogen) atoms. The van der Waals surface area contributed by atoms with Gasteiger partial charge in [0.25, 0.3) is 0 Å². The number of hydrogen-bond acceptors (Lipinski definition) is 6. The van der Waals surface area contributed by atoms with Gasteiger partial charge in [-0.25, -0.2) is 4.39 Å². The van der Waals surface area contributed by atoms with E-state index in [1.807, 2.05) is 18.2 Å². The summed E-state index contributed by atoms with van der Waals surface area (Å²) in [6, 6.07) is 16.3. The summed E-state index contributed by atoms with van der Waals surface area (Å²) in [7, 11) is 0. The maximum absolute atomic E-state index is 13.0. The number of aliphatic hydroxyl groups is 2. The second-order valence-corrected chi connectivity index (χ2v) is 8.36. The van der Waals surface area contributed by atoms with Crippen LogP contribution in [0, 0.1) is 5.82 Å². The fourth-order valence-electron chi connectivity index (χ4n) is 4.28. The van der Waals surface area contributed by atoms with Gasteiger partial charge in [-0.05, 0) is 29.8 Å². The zero-order valence-electron chi connectivity index (χ0n) is 17.9. The van der Waals surface area contributed by atoms with Crippen LogP contribution in [0.15, 0.2) is 54.6 Å². The van der Waals surface area contributed by atoms with Crippen molar-refractivity contribution < 1.29 is 24.1 Å². The third-order valence-corrected chi connectivity index (χ3v) is 6.18. The van der Waals surface area contributed by atoms with E-state index in [2.05, 4.69) is 22.3 Å². The van der Waals surface area contributed by atoms with E-state index in [4.69, 9.17) is 4.74 Å². The van der Waals surface area contributed by atoms with Crippen molar-refractivity contribution in [3.63, 3.8) is 0 Å². The molecule has 2 aromatic rings. The predicted octanol–water partition coefficient (Wildman–Crippen LogP) is 1.14. The molecular formula is C24H30FN3O4. The number of hydrogen-bond donors (Lipinski definition) is 3. The minimum atomic E-state index is -1.11. The Morgan fingerprint density at radius 1 is 0.969 bits per heavy atom. The third kappa shape index (κ3) is 5.45. The van der Waals surface area contributed by atoms with Gasteiger partial charge in [0.05, 0.1) is 18.6 Å². The SMILES string of the molecule is O=C(C[C@H]1O[C@H](CNCc2ccc(F)cc2)[C@@H](O)[C@H]1O)N1CCN(c2ccccc2)CC1. The molecule has 7 nitrogen and oxygen atoms in total. The van der Waals surface area contributed by atoms with E-state index in [0.717, 1.165) is 24.3 Å². The number of piperazine rings is 1. The number of halogens is 1. The zero-order chi connectivity index (χ0) is 22.5. The van der Waals surface area contributed by atoms with Crippen LogP contribution in [-0.4, -0.2) is 78.2 Å². The Labute approximate surface area is 187 Å². The number of carbonyl (C=O) groups is 1. The van der Waals surface area contributed by atoms with Crippen molar-refractivity contribution in [3.05, 3.63) is 66.0 Å². The first kappa shape index (κ1) is 22.7. The molecule has 4 atom stereocenters. The first-order valence-corrected chi connectivity index (χ1v) is 11.1. The van der Waals surface area contributed by atoms with Gasteiger partial charge in [-0.3, -0.25) is 4.79 Å². The summed E-state index contributed by atoms with van der Waals surface area (Å²) in [5.74, 6) is -0.366. The molecule has 4 rings (SSSR count). The number of aliphatic hydroxyl groups excluding tert-OH is 2. The minimum absolute atomic E-state index is 0.0397. The molecule has 2 aliphatic rings. The van der Waals surface area contributed by atoms with Gasteiger partial charge in [-0.15, -0.1) is 0 Å². The number of anilines is 1. The standard InChI is InChI=1S/C24H30FN3O4/c25-18-8-6-17(7-9-18)15-26-16-21-24(31)23(30)20(32-21)14-22(29)28-12-10-27(11-13-28)19-4-2-1-3-5-19/h1-9,20-21,23-24,26,30-31H,10-16H2/t20-,21-,23+,24-/m1/s1. The fraction of sp³-hybridized carbons (Fsp3) is 0.458. The van der Waals surface area contributed by atoms with Crippen LogP contribution in [0.25, 0.3) is 0 Å². The lowest BCUT2D eigenvalue weighted by atomic mass is 10.0. The molecule has 0 spiro atoms. The van der Waals surface area contributed by atoms with Crippen LogP contribution in [0.1, 0.15) is 12.0 Å². The molecule has 2 saturated heterocycles. The van der Waals surface area contributed by atoms with Crippen molar-refractivity contribution >= 4 is 11.6 Å². The van der Waals surface area contributed by atoms with Crippen molar-refractivity contribution in [1.82, 2.24) is 10.2 Å². The second-order valence-electron chi connectivity index (χ2n) is 8.36. The summed E-state index contributed by atoms with van der Waals surface area (Å²) in [6.07, 6.45) is -3.48. The third-order valence-electron chi connectivity index (χ3n) is 6.18. The topological polar surface area (TPSA) is 85.3 Å². The van der Waals surface area contributed by atoms with Gasteiger partial charge in [0, 0.05) is 45.0 Å². The highest BCUT2D eigenvalue weighted by Crippen LogP contribution is 2.25. The Balaban J connectivity index is 1.22. The van der Waals surface area contributed by atoms with E-state index >= 15 is 0 Å². The van der Waals surface area contributed by atoms with E-state index in [9.17, 15) is 19.4 Å². The number of nitrogens with one attached hydrogen (secondary N) is 1. The number of para-hydroxylation sites is 1. The summed E-state index contributed by atoms with van der Waals surface area (Å²) in [6.45, 7) is 3.53. The first-order valence-electron chi connectivity index (χ1n) is 11.1. The molecule has 2 aromatic carbocycles. The van der Waals surface area contributed by atoms with Gasteiger partial charge in [-0.2, -0.15) is 0 Å². The average molecular weight is 444 g/mol. The lowest BCUT2D eigenvalue weighted by Crippen LogP contribution is -2.49. The van der Waals surface area contributed by atoms with Crippen molar-refractivity contribution in [1.29, 1.82) is 0 Å². The Morgan fingerprint density at radius 2 is 1.62 bits per heavy atom. The molecule has 0 radical (unpaired) electrons. The van der Waals surface area contributed by atoms with Gasteiger partial charge in [0.1, 0.15) is 18.0 Å². The first-order chi connectivity index (χ1) is 15.5. The van der Waals surface area contributed by atoms with Crippen LogP contribution in [0.3, 0.4) is 0 Å². The molecule has 0 bridgehead atoms. The Morgan fingerprint density at radius 3 is 2.31 bits per heavy atom. The van der Waals surface area contributed by atoms with Gasteiger partial charge < -0.3 is 30.1 Å². The number of ether oxygens (including phenoxy) is 1. The molecule has 8 heteroatoms. The molecule has 2 heterocycles. The molecule has 0 unspecified atom stereocenters. The van der Waals surface area contributed by atoms with Gasteiger partial charge in [0.2, 0.25) is 5.91 Å². The molecule has 2 fully saturated rings. The molecule has 0 aromatic heterocycles. The van der Waals surface area contributed by atoms with Crippen molar-refractivity contribution in [3.8, 4) is 0 Å². The summed E-state index contributed by atoms with van der Waals surface area (Å²) < 4.78 is 18.8. The summed E-state index contributed by atoms with van der Waals surface area (Å²) >= 11 is 0. The van der Waals surface area contributed by atoms with Gasteiger partial charge in [0.15, 0.2) is 0 Å². The Kier molecular flexibility index (Phi) is 7.36. The van der Waals surface area contributed by atoms with Crippen molar-refractivity contribution in [2.75, 3.05) is 37.6 Å². The average Bonchev–Trinajstić information content (AvgIpc) is 3.09. The zero-order valence-corrected chi connectivity index (χ0v) is 17.9. The molecule has 2 aliphatic heterocycles. The summed E-state index contributed by atoms with van der Waals surface area (Å²) in [5, 5.41) is 23.9. The van der Waals surface area contributed by atoms with E-state index in [-0.39, 0.29) is 18.1 Å². The molecular weight excluding hydrogens is 413 g/mol. The molecule has 0 aliphatic carbocycles. The highest BCUT2D eigenvalue weighted by molar-refractivity contribution is 5.77. The summed E-state index contributed by atoms with van der Waals surface area (Å²) in [4.78, 5) is 16.8. The molecule has 0 saturated carbocycles. The second kappa shape index (κ2) is 10.4. The number of carbonyl (C=O) groups excluding carboxylic acids is 1. The van der Waals surface area contributed by atoms with E-state index in [1.165, 1.54) is 12.1 Å². The van der Waals surface area contributed by atoms with Crippen LogP contribution in [0.2, 0.25) is 0 Å². The molecule has 1 amide bonds. The Hall–Kier alpha value is -2.52. The molecule has 172 valence electrons. The predicted molar refractivity (Wildman–Crippen MR) is 119 cm³/mol. The Bertz CT molecular complexity index is 875. The van der Waals surface area contributed by atoms with Crippen LogP contribution in [0.5, 0.6) is 0 Å². The van der Waals surface area contributed by atoms with Gasteiger partial charge >= 0.3 is 0 Å². The highest BCUT2D eigenvalue weighted by atomic mass is 19.1. The number of rotatable bonds is 7. The lowest BCUT2D eigenvalue weighted by molar-refractivity contribution is -0.135. The smallest absolute Gasteiger partial charge is 0.225 e. The van der Waals surface area contributed by atoms with Crippen LogP contribution in [0.4, 0.5) is 10.1 Å². The summed E-state index contributed by atoms with van der Waals surface area (Å²) in [5.41, 5.74) is 2.05. The van der Waals surface area contributed by atoms with Crippen LogP contribution < -0.4 is 10.2 Å². The van der Waals surface area contributed by atoms with E-state index in [1.54, 1.807) is 17.0 Å². The van der Waals surface area contributed by atoms with E-state index in [0.29, 0.717) is 26.2 Å². The highest BCUT2D eigenvalue weighted by Gasteiger charge is 2.43. The van der Waals surface area contributed by atoms with Crippen molar-refractivity contribution in [2.24, 2.45) is 0 Å². The lowest BCUT2D eigenvalue weighted by Gasteiger charge is -2.36. The van der Waals surface area contributed by atoms with E-state index < -0.39 is 24.4 Å². The van der Waals surface area contributed by atoms with Crippen LogP contribution in [-0.2, 0) is 16.1 Å². The molecule has 3 N–H and O–H groups in total. The maximum atomic E-state index is 13.0.